The molecule has 8 nitrogen and oxygen atoms in total. The van der Waals surface area contributed by atoms with Crippen LogP contribution in [-0.2, 0) is 24.4 Å². The molecule has 9 heteroatoms. The van der Waals surface area contributed by atoms with Crippen molar-refractivity contribution >= 4 is 22.1 Å². The molecule has 114 valence electrons. The zero-order chi connectivity index (χ0) is 14.2. The van der Waals surface area contributed by atoms with Crippen molar-refractivity contribution in [2.75, 3.05) is 6.61 Å². The number of ether oxygens (including phenoxy) is 1. The quantitative estimate of drug-likeness (QED) is 0.346. The first-order valence-corrected chi connectivity index (χ1v) is 7.14. The van der Waals surface area contributed by atoms with Gasteiger partial charge in [-0.1, -0.05) is 26.2 Å². The Morgan fingerprint density at radius 1 is 1.21 bits per heavy atom. The maximum Gasteiger partial charge on any atom is 0.327 e. The van der Waals surface area contributed by atoms with Crippen molar-refractivity contribution < 1.29 is 37.9 Å². The summed E-state index contributed by atoms with van der Waals surface area (Å²) in [5, 5.41) is 6.40. The van der Waals surface area contributed by atoms with Gasteiger partial charge in [0.05, 0.1) is 13.0 Å². The van der Waals surface area contributed by atoms with Gasteiger partial charge in [0, 0.05) is 0 Å². The van der Waals surface area contributed by atoms with Crippen LogP contribution in [0.1, 0.15) is 39.0 Å². The molecule has 0 aliphatic rings. The molecule has 1 unspecified atom stereocenters. The van der Waals surface area contributed by atoms with Crippen LogP contribution in [0, 0.1) is 0 Å². The Balaban J connectivity index is 0. The Kier molecular flexibility index (Phi) is 10.3. The van der Waals surface area contributed by atoms with Crippen molar-refractivity contribution in [1.82, 2.24) is 0 Å². The van der Waals surface area contributed by atoms with Gasteiger partial charge in [-0.2, -0.15) is 8.42 Å². The van der Waals surface area contributed by atoms with Gasteiger partial charge in [-0.3, -0.25) is 14.1 Å². The number of aliphatic carboxylic acids is 1. The number of rotatable bonds is 9. The summed E-state index contributed by atoms with van der Waals surface area (Å²) in [7, 11) is -4.76. The van der Waals surface area contributed by atoms with E-state index >= 15 is 0 Å². The summed E-state index contributed by atoms with van der Waals surface area (Å²) in [6.45, 7) is 2.03. The first kappa shape index (κ1) is 20.1. The highest BCUT2D eigenvalue weighted by Crippen LogP contribution is 2.08. The fraction of sp³-hybridized carbons (Fsp3) is 0.800. The number of hydrogen-bond donors (Lipinski definition) is 2. The molecule has 0 heterocycles. The third-order valence-electron chi connectivity index (χ3n) is 2.22. The second-order valence-corrected chi connectivity index (χ2v) is 5.43. The normalized spacial score (nSPS) is 12.3. The lowest BCUT2D eigenvalue weighted by molar-refractivity contribution is -0.147. The minimum Gasteiger partial charge on any atom is -0.481 e. The second-order valence-electron chi connectivity index (χ2n) is 3.83. The van der Waals surface area contributed by atoms with E-state index < -0.39 is 33.7 Å². The molecule has 0 aliphatic heterocycles. The van der Waals surface area contributed by atoms with Gasteiger partial charge in [0.2, 0.25) is 0 Å². The molecule has 4 N–H and O–H groups in total. The number of esters is 1. The molecule has 0 saturated heterocycles. The number of hydrogen-bond acceptors (Lipinski definition) is 5. The maximum atomic E-state index is 11.3. The molecule has 0 saturated carbocycles. The van der Waals surface area contributed by atoms with Gasteiger partial charge in [0.1, 0.15) is 0 Å². The van der Waals surface area contributed by atoms with E-state index in [1.807, 2.05) is 6.92 Å². The summed E-state index contributed by atoms with van der Waals surface area (Å²) in [6, 6.07) is 0. The predicted octanol–water partition coefficient (Wildman–Crippen LogP) is 0.0163. The zero-order valence-corrected chi connectivity index (χ0v) is 11.5. The second kappa shape index (κ2) is 9.70. The number of carboxylic acid groups (broad SMARTS) is 1. The van der Waals surface area contributed by atoms with Crippen LogP contribution in [0.2, 0.25) is 0 Å². The van der Waals surface area contributed by atoms with E-state index in [0.717, 1.165) is 19.3 Å². The van der Waals surface area contributed by atoms with Crippen LogP contribution in [0.15, 0.2) is 0 Å². The highest BCUT2D eigenvalue weighted by Gasteiger charge is 2.34. The lowest BCUT2D eigenvalue weighted by Gasteiger charge is -2.11. The molecule has 0 aromatic rings. The van der Waals surface area contributed by atoms with Gasteiger partial charge >= 0.3 is 11.9 Å². The molecular weight excluding hydrogens is 280 g/mol. The third kappa shape index (κ3) is 9.40. The standard InChI is InChI=1S/C10H18O7S.H2O/c1-2-3-4-5-6-17-10(13)8(7-9(11)12)18(14,15)16;/h8H,2-7H2,1H3,(H,11,12)(H,14,15,16);1H2. The van der Waals surface area contributed by atoms with Crippen molar-refractivity contribution in [2.45, 2.75) is 44.3 Å². The van der Waals surface area contributed by atoms with Crippen molar-refractivity contribution in [3.05, 3.63) is 0 Å². The molecular formula is C10H20O8S. The fourth-order valence-corrected chi connectivity index (χ4v) is 1.93. The lowest BCUT2D eigenvalue weighted by Crippen LogP contribution is -2.34. The fourth-order valence-electron chi connectivity index (χ4n) is 1.26. The highest BCUT2D eigenvalue weighted by atomic mass is 32.2. The van der Waals surface area contributed by atoms with Crippen LogP contribution >= 0.6 is 0 Å². The van der Waals surface area contributed by atoms with E-state index in [1.165, 1.54) is 0 Å². The molecule has 1 atom stereocenters. The Hall–Kier alpha value is -1.19. The van der Waals surface area contributed by atoms with E-state index in [1.54, 1.807) is 0 Å². The Bertz CT molecular complexity index is 375. The van der Waals surface area contributed by atoms with E-state index in [9.17, 15) is 18.0 Å². The van der Waals surface area contributed by atoms with E-state index in [0.29, 0.717) is 6.42 Å². The van der Waals surface area contributed by atoms with Gasteiger partial charge in [-0.05, 0) is 6.42 Å². The van der Waals surface area contributed by atoms with Gasteiger partial charge in [-0.25, -0.2) is 0 Å². The smallest absolute Gasteiger partial charge is 0.327 e. The van der Waals surface area contributed by atoms with Gasteiger partial charge in [-0.15, -0.1) is 0 Å². The summed E-state index contributed by atoms with van der Waals surface area (Å²) >= 11 is 0. The minimum absolute atomic E-state index is 0. The average molecular weight is 300 g/mol. The van der Waals surface area contributed by atoms with Gasteiger partial charge in [0.25, 0.3) is 10.1 Å². The first-order valence-electron chi connectivity index (χ1n) is 5.63. The largest absolute Gasteiger partial charge is 0.481 e. The highest BCUT2D eigenvalue weighted by molar-refractivity contribution is 7.87. The lowest BCUT2D eigenvalue weighted by atomic mass is 10.2. The number of carboxylic acids is 1. The first-order chi connectivity index (χ1) is 8.29. The Morgan fingerprint density at radius 2 is 1.79 bits per heavy atom. The molecule has 0 aromatic carbocycles. The average Bonchev–Trinajstić information content (AvgIpc) is 2.23. The number of carbonyl (C=O) groups is 2. The molecule has 0 amide bonds. The van der Waals surface area contributed by atoms with Crippen LogP contribution in [0.3, 0.4) is 0 Å². The third-order valence-corrected chi connectivity index (χ3v) is 3.30. The molecule has 0 fully saturated rings. The van der Waals surface area contributed by atoms with Crippen molar-refractivity contribution in [2.24, 2.45) is 0 Å². The van der Waals surface area contributed by atoms with Crippen LogP contribution in [0.4, 0.5) is 0 Å². The number of unbranched alkanes of at least 4 members (excludes halogenated alkanes) is 3. The van der Waals surface area contributed by atoms with Gasteiger partial charge < -0.3 is 15.3 Å². The Labute approximate surface area is 111 Å². The summed E-state index contributed by atoms with van der Waals surface area (Å²) in [6.07, 6.45) is 2.37. The summed E-state index contributed by atoms with van der Waals surface area (Å²) in [5.74, 6) is -2.73. The molecule has 0 bridgehead atoms. The SMILES string of the molecule is CCCCCCOC(=O)C(CC(=O)O)S(=O)(=O)O.O. The van der Waals surface area contributed by atoms with Crippen LogP contribution in [0.25, 0.3) is 0 Å². The van der Waals surface area contributed by atoms with Crippen molar-refractivity contribution in [3.8, 4) is 0 Å². The van der Waals surface area contributed by atoms with Crippen LogP contribution in [-0.4, -0.2) is 47.3 Å². The Morgan fingerprint density at radius 3 is 2.21 bits per heavy atom. The van der Waals surface area contributed by atoms with Crippen LogP contribution < -0.4 is 0 Å². The van der Waals surface area contributed by atoms with E-state index in [2.05, 4.69) is 4.74 Å². The maximum absolute atomic E-state index is 11.3. The molecule has 0 aliphatic carbocycles. The summed E-state index contributed by atoms with van der Waals surface area (Å²) < 4.78 is 35.1. The molecule has 19 heavy (non-hydrogen) atoms. The molecule has 0 spiro atoms. The van der Waals surface area contributed by atoms with Crippen molar-refractivity contribution in [1.29, 1.82) is 0 Å². The van der Waals surface area contributed by atoms with Crippen LogP contribution in [0.5, 0.6) is 0 Å². The zero-order valence-electron chi connectivity index (χ0n) is 10.7. The minimum atomic E-state index is -4.76. The summed E-state index contributed by atoms with van der Waals surface area (Å²) in [5.41, 5.74) is 0. The van der Waals surface area contributed by atoms with E-state index in [-0.39, 0.29) is 12.1 Å². The van der Waals surface area contributed by atoms with E-state index in [4.69, 9.17) is 9.66 Å². The molecule has 0 radical (unpaired) electrons. The van der Waals surface area contributed by atoms with Crippen molar-refractivity contribution in [3.63, 3.8) is 0 Å². The summed E-state index contributed by atoms with van der Waals surface area (Å²) in [4.78, 5) is 21.7. The number of carbonyl (C=O) groups excluding carboxylic acids is 1. The molecule has 0 aromatic heterocycles. The van der Waals surface area contributed by atoms with Gasteiger partial charge in [0.15, 0.2) is 5.25 Å². The monoisotopic (exact) mass is 300 g/mol. The topological polar surface area (TPSA) is 149 Å². The molecule has 0 rings (SSSR count). The predicted molar refractivity (Wildman–Crippen MR) is 66.3 cm³/mol.